The van der Waals surface area contributed by atoms with Crippen molar-refractivity contribution in [3.05, 3.63) is 81.5 Å². The van der Waals surface area contributed by atoms with Gasteiger partial charge in [-0.25, -0.2) is 18.4 Å². The van der Waals surface area contributed by atoms with Crippen molar-refractivity contribution in [2.75, 3.05) is 29.9 Å². The molecule has 1 amide bonds. The molecule has 0 unspecified atom stereocenters. The minimum atomic E-state index is -1.36. The maximum atomic E-state index is 16.3. The summed E-state index contributed by atoms with van der Waals surface area (Å²) < 4.78 is 44.3. The number of carboxylic acid groups (broad SMARTS) is 1. The van der Waals surface area contributed by atoms with Crippen LogP contribution in [0.2, 0.25) is 0 Å². The van der Waals surface area contributed by atoms with Crippen molar-refractivity contribution in [3.8, 4) is 22.3 Å². The number of hydrogen-bond acceptors (Lipinski definition) is 8. The lowest BCUT2D eigenvalue weighted by Crippen LogP contribution is -2.34. The number of rotatable bonds is 6. The van der Waals surface area contributed by atoms with Gasteiger partial charge in [0.1, 0.15) is 16.8 Å². The number of nitrogens with zero attached hydrogens (tertiary/aromatic N) is 4. The Morgan fingerprint density at radius 3 is 2.42 bits per heavy atom. The Kier molecular flexibility index (Phi) is 8.42. The van der Waals surface area contributed by atoms with E-state index >= 15 is 8.78 Å². The lowest BCUT2D eigenvalue weighted by Gasteiger charge is -2.27. The van der Waals surface area contributed by atoms with Crippen LogP contribution in [-0.4, -0.2) is 63.9 Å². The third-order valence-corrected chi connectivity index (χ3v) is 10.3. The van der Waals surface area contributed by atoms with Gasteiger partial charge in [0, 0.05) is 79.2 Å². The van der Waals surface area contributed by atoms with Crippen molar-refractivity contribution in [2.45, 2.75) is 78.4 Å². The number of halogens is 2. The monoisotopic (exact) mass is 728 g/mol. The second-order valence-corrected chi connectivity index (χ2v) is 16.4. The number of carbonyl (C=O) groups excluding carboxylic acids is 2. The topological polar surface area (TPSA) is 131 Å². The standard InChI is InChI=1S/C40H42F2N4O7/c1-38(2,3)52-30(47)14-22-17-40(22)12-13-45(20-40)34-26(21-8-9-23-10-11-24(36(49)50)35(48)46(23)19-21)18-43-28-15-25-29(44(7)37(51)53-39(4,5)6)16-27(41)33(42)31(25)32(28)34/h8-11,16,18-19,22H,12-15,17,20H2,1-7H3,(H,49,50)/t22-,40+/m0/s1. The summed E-state index contributed by atoms with van der Waals surface area (Å²) in [6.45, 7) is 11.7. The van der Waals surface area contributed by atoms with E-state index in [1.54, 1.807) is 39.1 Å². The van der Waals surface area contributed by atoms with Crippen LogP contribution < -0.4 is 15.4 Å². The Bertz CT molecular complexity index is 2290. The van der Waals surface area contributed by atoms with Gasteiger partial charge < -0.3 is 19.5 Å². The summed E-state index contributed by atoms with van der Waals surface area (Å²) in [6, 6.07) is 7.25. The molecular formula is C40H42F2N4O7. The van der Waals surface area contributed by atoms with Crippen molar-refractivity contribution in [2.24, 2.45) is 11.3 Å². The van der Waals surface area contributed by atoms with E-state index in [1.807, 2.05) is 20.8 Å². The molecule has 1 N–H and O–H groups in total. The van der Waals surface area contributed by atoms with Crippen LogP contribution in [-0.2, 0) is 20.7 Å². The fraction of sp³-hybridized carbons (Fsp3) is 0.425. The molecule has 3 aromatic heterocycles. The zero-order chi connectivity index (χ0) is 38.4. The number of carboxylic acids is 1. The summed E-state index contributed by atoms with van der Waals surface area (Å²) in [5, 5.41) is 9.63. The van der Waals surface area contributed by atoms with Crippen LogP contribution in [0.5, 0.6) is 0 Å². The molecule has 53 heavy (non-hydrogen) atoms. The third-order valence-electron chi connectivity index (χ3n) is 10.3. The fourth-order valence-corrected chi connectivity index (χ4v) is 7.87. The first-order chi connectivity index (χ1) is 24.8. The molecule has 1 spiro atoms. The number of ether oxygens (including phenoxy) is 2. The smallest absolute Gasteiger partial charge is 0.414 e. The number of aromatic carboxylic acids is 1. The minimum Gasteiger partial charge on any atom is -0.477 e. The molecule has 2 atom stereocenters. The number of carbonyl (C=O) groups is 3. The minimum absolute atomic E-state index is 0.0112. The number of esters is 1. The molecule has 1 saturated carbocycles. The van der Waals surface area contributed by atoms with Gasteiger partial charge in [-0.2, -0.15) is 0 Å². The van der Waals surface area contributed by atoms with E-state index in [9.17, 15) is 24.3 Å². The van der Waals surface area contributed by atoms with Crippen molar-refractivity contribution in [3.63, 3.8) is 0 Å². The van der Waals surface area contributed by atoms with Gasteiger partial charge in [0.15, 0.2) is 11.6 Å². The van der Waals surface area contributed by atoms with Crippen molar-refractivity contribution in [1.29, 1.82) is 0 Å². The van der Waals surface area contributed by atoms with E-state index in [2.05, 4.69) is 4.90 Å². The molecule has 4 aromatic rings. The molecule has 1 aliphatic heterocycles. The van der Waals surface area contributed by atoms with Crippen LogP contribution in [0.4, 0.5) is 25.0 Å². The first kappa shape index (κ1) is 36.0. The number of aromatic nitrogens is 2. The Balaban J connectivity index is 1.37. The molecular weight excluding hydrogens is 686 g/mol. The summed E-state index contributed by atoms with van der Waals surface area (Å²) in [5.74, 6) is -3.76. The van der Waals surface area contributed by atoms with Gasteiger partial charge in [-0.1, -0.05) is 6.07 Å². The second-order valence-electron chi connectivity index (χ2n) is 16.4. The van der Waals surface area contributed by atoms with Gasteiger partial charge in [0.25, 0.3) is 5.56 Å². The fourth-order valence-electron chi connectivity index (χ4n) is 7.87. The van der Waals surface area contributed by atoms with Gasteiger partial charge in [-0.3, -0.25) is 23.9 Å². The average Bonchev–Trinajstić information content (AvgIpc) is 3.35. The van der Waals surface area contributed by atoms with Crippen molar-refractivity contribution >= 4 is 34.9 Å². The van der Waals surface area contributed by atoms with E-state index in [0.29, 0.717) is 52.2 Å². The number of fused-ring (bicyclic) bond motifs is 4. The molecule has 2 aliphatic carbocycles. The molecule has 3 aliphatic rings. The zero-order valence-electron chi connectivity index (χ0n) is 30.8. The molecule has 0 bridgehead atoms. The first-order valence-electron chi connectivity index (χ1n) is 17.6. The number of pyridine rings is 3. The molecule has 0 radical (unpaired) electrons. The van der Waals surface area contributed by atoms with E-state index in [1.165, 1.54) is 34.7 Å². The highest BCUT2D eigenvalue weighted by Gasteiger charge is 2.58. The van der Waals surface area contributed by atoms with E-state index in [-0.39, 0.29) is 41.4 Å². The van der Waals surface area contributed by atoms with Crippen LogP contribution in [0.1, 0.15) is 82.4 Å². The number of amides is 1. The lowest BCUT2D eigenvalue weighted by molar-refractivity contribution is -0.155. The predicted octanol–water partition coefficient (Wildman–Crippen LogP) is 7.23. The highest BCUT2D eigenvalue weighted by Crippen LogP contribution is 2.62. The van der Waals surface area contributed by atoms with Crippen molar-refractivity contribution in [1.82, 2.24) is 9.38 Å². The van der Waals surface area contributed by atoms with Gasteiger partial charge in [0.2, 0.25) is 0 Å². The highest BCUT2D eigenvalue weighted by atomic mass is 19.2. The van der Waals surface area contributed by atoms with Crippen LogP contribution in [0.25, 0.3) is 27.8 Å². The van der Waals surface area contributed by atoms with Gasteiger partial charge >= 0.3 is 18.0 Å². The predicted molar refractivity (Wildman–Crippen MR) is 194 cm³/mol. The molecule has 7 rings (SSSR count). The number of hydrogen-bond donors (Lipinski definition) is 1. The highest BCUT2D eigenvalue weighted by molar-refractivity contribution is 5.99. The summed E-state index contributed by atoms with van der Waals surface area (Å²) in [5.41, 5.74) is 0.703. The summed E-state index contributed by atoms with van der Waals surface area (Å²) in [4.78, 5) is 59.1. The third kappa shape index (κ3) is 6.50. The largest absolute Gasteiger partial charge is 0.477 e. The van der Waals surface area contributed by atoms with Gasteiger partial charge in [0.05, 0.1) is 17.1 Å². The van der Waals surface area contributed by atoms with E-state index in [0.717, 1.165) is 18.9 Å². The quantitative estimate of drug-likeness (QED) is 0.180. The van der Waals surface area contributed by atoms with Crippen LogP contribution in [0.3, 0.4) is 0 Å². The van der Waals surface area contributed by atoms with Crippen LogP contribution in [0, 0.1) is 23.0 Å². The van der Waals surface area contributed by atoms with E-state index < -0.39 is 46.0 Å². The van der Waals surface area contributed by atoms with E-state index in [4.69, 9.17) is 14.5 Å². The Morgan fingerprint density at radius 2 is 1.74 bits per heavy atom. The zero-order valence-corrected chi connectivity index (χ0v) is 30.8. The Hall–Kier alpha value is -5.33. The maximum absolute atomic E-state index is 16.3. The molecule has 4 heterocycles. The number of anilines is 2. The average molecular weight is 729 g/mol. The normalized spacial score (nSPS) is 19.0. The molecule has 13 heteroatoms. The summed E-state index contributed by atoms with van der Waals surface area (Å²) in [6.07, 6.45) is 4.37. The SMILES string of the molecule is CN(C(=O)OC(C)(C)C)c1cc(F)c(F)c2c1Cc1ncc(-c3ccc4ccc(C(=O)O)c(=O)n4c3)c(N3CC[C@@]4(C[C@@H]4CC(=O)OC(C)(C)C)C3)c1-2. The molecule has 11 nitrogen and oxygen atoms in total. The molecule has 1 saturated heterocycles. The summed E-state index contributed by atoms with van der Waals surface area (Å²) >= 11 is 0. The van der Waals surface area contributed by atoms with Crippen LogP contribution >= 0.6 is 0 Å². The Labute approximate surface area is 305 Å². The maximum Gasteiger partial charge on any atom is 0.414 e. The molecule has 1 aromatic carbocycles. The summed E-state index contributed by atoms with van der Waals surface area (Å²) in [7, 11) is 1.45. The lowest BCUT2D eigenvalue weighted by atomic mass is 9.97. The second kappa shape index (κ2) is 12.4. The molecule has 2 fully saturated rings. The Morgan fingerprint density at radius 1 is 1.04 bits per heavy atom. The number of benzene rings is 1. The van der Waals surface area contributed by atoms with Gasteiger partial charge in [-0.15, -0.1) is 0 Å². The molecule has 278 valence electrons. The van der Waals surface area contributed by atoms with Crippen LogP contribution in [0.15, 0.2) is 47.5 Å². The van der Waals surface area contributed by atoms with Gasteiger partial charge in [-0.05, 0) is 89.5 Å². The van der Waals surface area contributed by atoms with Crippen molar-refractivity contribution < 1.29 is 37.7 Å². The first-order valence-corrected chi connectivity index (χ1v) is 17.6.